The molecule has 2 unspecified atom stereocenters. The van der Waals surface area contributed by atoms with E-state index in [2.05, 4.69) is 15.5 Å². The Morgan fingerprint density at radius 1 is 1.12 bits per heavy atom. The molecule has 2 heterocycles. The lowest BCUT2D eigenvalue weighted by Gasteiger charge is -2.38. The number of rotatable bonds is 7. The Bertz CT molecular complexity index is 1010. The van der Waals surface area contributed by atoms with Crippen molar-refractivity contribution in [2.45, 2.75) is 25.3 Å². The first-order valence-electron chi connectivity index (χ1n) is 10.2. The number of anilines is 1. The third-order valence-corrected chi connectivity index (χ3v) is 7.18. The highest BCUT2D eigenvalue weighted by Gasteiger charge is 2.48. The number of urea groups is 1. The Kier molecular flexibility index (Phi) is 7.26. The quantitative estimate of drug-likeness (QED) is 0.545. The minimum atomic E-state index is -3.36. The molecule has 0 spiro atoms. The lowest BCUT2D eigenvalue weighted by molar-refractivity contribution is -0.136. The topological polar surface area (TPSA) is 116 Å². The first-order chi connectivity index (χ1) is 14.9. The fourth-order valence-corrected chi connectivity index (χ4v) is 5.37. The molecule has 2 atom stereocenters. The zero-order valence-electron chi connectivity index (χ0n) is 17.9. The van der Waals surface area contributed by atoms with Gasteiger partial charge in [-0.2, -0.15) is 0 Å². The van der Waals surface area contributed by atoms with E-state index >= 15 is 0 Å². The van der Waals surface area contributed by atoms with Crippen LogP contribution in [0, 0.1) is 5.92 Å². The Balaban J connectivity index is 1.64. The highest BCUT2D eigenvalue weighted by atomic mass is 35.5. The Hall–Kier alpha value is -2.04. The first kappa shape index (κ1) is 24.6. The summed E-state index contributed by atoms with van der Waals surface area (Å²) in [6.07, 6.45) is 0.990. The molecule has 3 rings (SSSR count). The largest absolute Gasteiger partial charge is 0.368 e. The van der Waals surface area contributed by atoms with Crippen molar-refractivity contribution >= 4 is 56.6 Å². The van der Waals surface area contributed by atoms with Crippen LogP contribution in [0.25, 0.3) is 0 Å². The van der Waals surface area contributed by atoms with E-state index in [0.29, 0.717) is 36.2 Å². The molecule has 176 valence electrons. The molecule has 32 heavy (non-hydrogen) atoms. The van der Waals surface area contributed by atoms with Gasteiger partial charge >= 0.3 is 6.03 Å². The predicted octanol–water partition coefficient (Wildman–Crippen LogP) is 1.68. The van der Waals surface area contributed by atoms with E-state index < -0.39 is 33.2 Å². The number of piperazine rings is 1. The molecule has 0 saturated carbocycles. The second-order valence-electron chi connectivity index (χ2n) is 8.42. The summed E-state index contributed by atoms with van der Waals surface area (Å²) in [5.74, 6) is -1.62. The van der Waals surface area contributed by atoms with Crippen LogP contribution >= 0.6 is 23.2 Å². The van der Waals surface area contributed by atoms with Crippen LogP contribution in [0.1, 0.15) is 19.8 Å². The zero-order chi connectivity index (χ0) is 23.7. The van der Waals surface area contributed by atoms with E-state index in [1.165, 1.54) is 0 Å². The third kappa shape index (κ3) is 5.85. The smallest absolute Gasteiger partial charge is 0.322 e. The number of hydrogen-bond acceptors (Lipinski definition) is 6. The summed E-state index contributed by atoms with van der Waals surface area (Å²) >= 11 is 12.2. The van der Waals surface area contributed by atoms with E-state index in [4.69, 9.17) is 23.2 Å². The number of amides is 4. The Morgan fingerprint density at radius 2 is 1.72 bits per heavy atom. The van der Waals surface area contributed by atoms with Crippen molar-refractivity contribution in [1.29, 1.82) is 0 Å². The molecule has 1 aromatic carbocycles. The van der Waals surface area contributed by atoms with Gasteiger partial charge in [0.25, 0.3) is 5.91 Å². The second-order valence-corrected chi connectivity index (χ2v) is 11.5. The number of halogens is 2. The molecule has 9 nitrogen and oxygen atoms in total. The number of sulfone groups is 1. The molecule has 2 saturated heterocycles. The van der Waals surface area contributed by atoms with Crippen LogP contribution in [-0.4, -0.2) is 74.9 Å². The van der Waals surface area contributed by atoms with Crippen molar-refractivity contribution in [1.82, 2.24) is 15.5 Å². The van der Waals surface area contributed by atoms with Gasteiger partial charge in [-0.25, -0.2) is 13.2 Å². The van der Waals surface area contributed by atoms with Crippen LogP contribution < -0.4 is 15.5 Å². The number of benzene rings is 1. The lowest BCUT2D eigenvalue weighted by atomic mass is 9.85. The monoisotopic (exact) mass is 504 g/mol. The fraction of sp³-hybridized carbons (Fsp3) is 0.550. The summed E-state index contributed by atoms with van der Waals surface area (Å²) in [4.78, 5) is 41.1. The number of carbonyl (C=O) groups is 3. The fourth-order valence-electron chi connectivity index (χ4n) is 4.14. The van der Waals surface area contributed by atoms with Crippen molar-refractivity contribution in [3.8, 4) is 0 Å². The molecule has 2 fully saturated rings. The summed E-state index contributed by atoms with van der Waals surface area (Å²) in [6, 6.07) is 4.61. The van der Waals surface area contributed by atoms with Gasteiger partial charge in [-0.15, -0.1) is 0 Å². The molecule has 2 aliphatic heterocycles. The predicted molar refractivity (Wildman–Crippen MR) is 123 cm³/mol. The molecule has 0 radical (unpaired) electrons. The molecular weight excluding hydrogens is 479 g/mol. The van der Waals surface area contributed by atoms with Gasteiger partial charge in [-0.1, -0.05) is 30.1 Å². The second kappa shape index (κ2) is 9.44. The molecule has 0 aromatic heterocycles. The Labute approximate surface area is 197 Å². The number of hydrogen-bond donors (Lipinski definition) is 2. The average Bonchev–Trinajstić information content (AvgIpc) is 2.98. The molecule has 0 bridgehead atoms. The molecular formula is C20H26Cl2N4O5S. The van der Waals surface area contributed by atoms with Gasteiger partial charge in [0.05, 0.1) is 5.75 Å². The van der Waals surface area contributed by atoms with Gasteiger partial charge in [0.1, 0.15) is 15.4 Å². The minimum absolute atomic E-state index is 0.0169. The third-order valence-electron chi connectivity index (χ3n) is 5.79. The molecule has 4 amide bonds. The van der Waals surface area contributed by atoms with Crippen LogP contribution in [0.2, 0.25) is 10.0 Å². The van der Waals surface area contributed by atoms with Gasteiger partial charge in [-0.3, -0.25) is 14.9 Å². The normalized spacial score (nSPS) is 22.5. The number of imide groups is 1. The van der Waals surface area contributed by atoms with Crippen LogP contribution in [0.4, 0.5) is 10.5 Å². The Morgan fingerprint density at radius 3 is 2.22 bits per heavy atom. The average molecular weight is 505 g/mol. The maximum Gasteiger partial charge on any atom is 0.322 e. The summed E-state index contributed by atoms with van der Waals surface area (Å²) in [6.45, 7) is 3.81. The van der Waals surface area contributed by atoms with Crippen LogP contribution in [0.5, 0.6) is 0 Å². The number of nitrogens with one attached hydrogen (secondary N) is 2. The van der Waals surface area contributed by atoms with Crippen LogP contribution in [-0.2, 0) is 19.4 Å². The van der Waals surface area contributed by atoms with Crippen molar-refractivity contribution in [2.75, 3.05) is 43.1 Å². The summed E-state index contributed by atoms with van der Waals surface area (Å²) in [7, 11) is -3.36. The summed E-state index contributed by atoms with van der Waals surface area (Å²) in [5, 5.41) is 5.79. The van der Waals surface area contributed by atoms with Crippen molar-refractivity contribution in [3.63, 3.8) is 0 Å². The minimum Gasteiger partial charge on any atom is -0.368 e. The number of carbonyl (C=O) groups excluding carboxylic acids is 3. The van der Waals surface area contributed by atoms with Crippen LogP contribution in [0.3, 0.4) is 0 Å². The van der Waals surface area contributed by atoms with Gasteiger partial charge in [-0.05, 0) is 31.0 Å². The molecule has 0 aliphatic carbocycles. The summed E-state index contributed by atoms with van der Waals surface area (Å²) in [5.41, 5.74) is -0.540. The maximum atomic E-state index is 13.1. The van der Waals surface area contributed by atoms with Gasteiger partial charge in [0.2, 0.25) is 5.91 Å². The van der Waals surface area contributed by atoms with Crippen LogP contribution in [0.15, 0.2) is 18.2 Å². The van der Waals surface area contributed by atoms with E-state index in [-0.39, 0.29) is 24.5 Å². The van der Waals surface area contributed by atoms with Crippen molar-refractivity contribution in [2.24, 2.45) is 5.92 Å². The van der Waals surface area contributed by atoms with Crippen molar-refractivity contribution in [3.05, 3.63) is 28.2 Å². The molecule has 2 aliphatic rings. The number of nitrogens with zero attached hydrogens (tertiary/aromatic N) is 2. The van der Waals surface area contributed by atoms with E-state index in [0.717, 1.165) is 11.9 Å². The maximum absolute atomic E-state index is 13.1. The highest BCUT2D eigenvalue weighted by Crippen LogP contribution is 2.29. The van der Waals surface area contributed by atoms with Crippen molar-refractivity contribution < 1.29 is 22.8 Å². The lowest BCUT2D eigenvalue weighted by Crippen LogP contribution is -2.53. The van der Waals surface area contributed by atoms with E-state index in [1.54, 1.807) is 17.9 Å². The SMILES string of the molecule is CC(CC1(CCS(C)(=O)=O)NC(=O)NC1=O)C(=O)N1CCN(c2cc(Cl)cc(Cl)c2)CC1. The van der Waals surface area contributed by atoms with E-state index in [1.807, 2.05) is 12.1 Å². The molecule has 1 aromatic rings. The van der Waals surface area contributed by atoms with Gasteiger partial charge in [0, 0.05) is 54.1 Å². The zero-order valence-corrected chi connectivity index (χ0v) is 20.2. The van der Waals surface area contributed by atoms with Gasteiger partial charge in [0.15, 0.2) is 0 Å². The van der Waals surface area contributed by atoms with Gasteiger partial charge < -0.3 is 15.1 Å². The summed E-state index contributed by atoms with van der Waals surface area (Å²) < 4.78 is 23.3. The van der Waals surface area contributed by atoms with E-state index in [9.17, 15) is 22.8 Å². The molecule has 2 N–H and O–H groups in total. The first-order valence-corrected chi connectivity index (χ1v) is 13.0. The highest BCUT2D eigenvalue weighted by molar-refractivity contribution is 7.90. The standard InChI is InChI=1S/C20H26Cl2N4O5S/c1-13(12-20(3-8-32(2,30)31)18(28)23-19(29)24-20)17(27)26-6-4-25(5-7-26)16-10-14(21)9-15(22)11-16/h9-11,13H,3-8,12H2,1-2H3,(H2,23,24,28,29). The molecule has 12 heteroatoms.